The van der Waals surface area contributed by atoms with Crippen LogP contribution in [0.4, 0.5) is 0 Å². The van der Waals surface area contributed by atoms with Crippen molar-refractivity contribution < 1.29 is 19.5 Å². The van der Waals surface area contributed by atoms with Crippen molar-refractivity contribution in [1.82, 2.24) is 5.32 Å². The van der Waals surface area contributed by atoms with E-state index >= 15 is 0 Å². The molecule has 19 heavy (non-hydrogen) atoms. The van der Waals surface area contributed by atoms with Gasteiger partial charge in [-0.1, -0.05) is 30.3 Å². The summed E-state index contributed by atoms with van der Waals surface area (Å²) in [7, 11) is 0. The van der Waals surface area contributed by atoms with Crippen LogP contribution in [0.5, 0.6) is 0 Å². The van der Waals surface area contributed by atoms with Crippen molar-refractivity contribution in [2.75, 3.05) is 0 Å². The van der Waals surface area contributed by atoms with E-state index < -0.39 is 12.0 Å². The molecule has 0 aliphatic rings. The Bertz CT molecular complexity index is 456. The van der Waals surface area contributed by atoms with Crippen molar-refractivity contribution in [3.8, 4) is 0 Å². The Hall–Kier alpha value is -2.17. The van der Waals surface area contributed by atoms with Gasteiger partial charge in [0.1, 0.15) is 11.8 Å². The molecule has 0 saturated heterocycles. The molecule has 5 heteroatoms. The van der Waals surface area contributed by atoms with Gasteiger partial charge >= 0.3 is 5.97 Å². The van der Waals surface area contributed by atoms with Crippen LogP contribution in [-0.2, 0) is 20.8 Å². The Labute approximate surface area is 111 Å². The summed E-state index contributed by atoms with van der Waals surface area (Å²) in [5.41, 5.74) is 0.815. The van der Waals surface area contributed by atoms with Crippen molar-refractivity contribution in [2.45, 2.75) is 32.2 Å². The molecule has 0 unspecified atom stereocenters. The van der Waals surface area contributed by atoms with Crippen LogP contribution in [0.1, 0.15) is 25.3 Å². The number of benzene rings is 1. The summed E-state index contributed by atoms with van der Waals surface area (Å²) >= 11 is 0. The third-order valence-electron chi connectivity index (χ3n) is 2.63. The van der Waals surface area contributed by atoms with Gasteiger partial charge in [-0.3, -0.25) is 4.79 Å². The fourth-order valence-electron chi connectivity index (χ4n) is 1.63. The number of hydrogen-bond acceptors (Lipinski definition) is 3. The molecule has 0 spiro atoms. The van der Waals surface area contributed by atoms with E-state index in [1.165, 1.54) is 6.92 Å². The zero-order chi connectivity index (χ0) is 14.3. The van der Waals surface area contributed by atoms with E-state index in [9.17, 15) is 14.4 Å². The van der Waals surface area contributed by atoms with Gasteiger partial charge in [0.25, 0.3) is 0 Å². The fourth-order valence-corrected chi connectivity index (χ4v) is 1.63. The number of rotatable bonds is 7. The van der Waals surface area contributed by atoms with E-state index in [0.717, 1.165) is 5.56 Å². The van der Waals surface area contributed by atoms with E-state index in [0.29, 0.717) is 0 Å². The summed E-state index contributed by atoms with van der Waals surface area (Å²) in [6.07, 6.45) is 0.387. The molecule has 1 aromatic rings. The lowest BCUT2D eigenvalue weighted by atomic mass is 10.1. The molecule has 0 aliphatic heterocycles. The van der Waals surface area contributed by atoms with Crippen molar-refractivity contribution in [3.63, 3.8) is 0 Å². The number of carboxylic acids is 1. The molecule has 0 radical (unpaired) electrons. The predicted molar refractivity (Wildman–Crippen MR) is 69.6 cm³/mol. The van der Waals surface area contributed by atoms with Crippen molar-refractivity contribution >= 4 is 17.7 Å². The zero-order valence-electron chi connectivity index (χ0n) is 10.8. The molecule has 0 aromatic heterocycles. The van der Waals surface area contributed by atoms with Crippen LogP contribution in [0.25, 0.3) is 0 Å². The zero-order valence-corrected chi connectivity index (χ0v) is 10.8. The van der Waals surface area contributed by atoms with Gasteiger partial charge in [-0.2, -0.15) is 0 Å². The molecule has 0 heterocycles. The lowest BCUT2D eigenvalue weighted by Crippen LogP contribution is -2.41. The van der Waals surface area contributed by atoms with Crippen LogP contribution in [0.3, 0.4) is 0 Å². The molecule has 0 aliphatic carbocycles. The summed E-state index contributed by atoms with van der Waals surface area (Å²) in [5.74, 6) is -1.58. The Morgan fingerprint density at radius 2 is 1.84 bits per heavy atom. The third kappa shape index (κ3) is 5.81. The van der Waals surface area contributed by atoms with Gasteiger partial charge in [0.15, 0.2) is 0 Å². The Kier molecular flexibility index (Phi) is 5.73. The Morgan fingerprint density at radius 3 is 2.37 bits per heavy atom. The van der Waals surface area contributed by atoms with Gasteiger partial charge in [-0.05, 0) is 18.9 Å². The summed E-state index contributed by atoms with van der Waals surface area (Å²) in [6, 6.07) is 8.05. The lowest BCUT2D eigenvalue weighted by Gasteiger charge is -2.13. The van der Waals surface area contributed by atoms with Gasteiger partial charge in [0.2, 0.25) is 5.91 Å². The van der Waals surface area contributed by atoms with E-state index in [2.05, 4.69) is 5.32 Å². The fraction of sp³-hybridized carbons (Fsp3) is 0.357. The molecule has 0 bridgehead atoms. The van der Waals surface area contributed by atoms with Crippen LogP contribution in [0, 0.1) is 0 Å². The number of nitrogens with one attached hydrogen (secondary N) is 1. The number of hydrogen-bond donors (Lipinski definition) is 2. The number of carbonyl (C=O) groups is 3. The molecule has 5 nitrogen and oxygen atoms in total. The van der Waals surface area contributed by atoms with Crippen LogP contribution in [0.2, 0.25) is 0 Å². The Morgan fingerprint density at radius 1 is 1.21 bits per heavy atom. The summed E-state index contributed by atoms with van der Waals surface area (Å²) in [4.78, 5) is 33.5. The van der Waals surface area contributed by atoms with Crippen molar-refractivity contribution in [1.29, 1.82) is 0 Å². The number of amides is 1. The minimum Gasteiger partial charge on any atom is -0.480 e. The van der Waals surface area contributed by atoms with Crippen molar-refractivity contribution in [3.05, 3.63) is 35.9 Å². The van der Waals surface area contributed by atoms with Crippen LogP contribution in [0.15, 0.2) is 30.3 Å². The molecule has 1 aromatic carbocycles. The van der Waals surface area contributed by atoms with E-state index in [4.69, 9.17) is 5.11 Å². The van der Waals surface area contributed by atoms with E-state index in [1.807, 2.05) is 18.2 Å². The highest BCUT2D eigenvalue weighted by Crippen LogP contribution is 2.02. The van der Waals surface area contributed by atoms with Crippen LogP contribution in [-0.4, -0.2) is 28.8 Å². The molecule has 102 valence electrons. The first-order chi connectivity index (χ1) is 8.99. The first kappa shape index (κ1) is 14.9. The summed E-state index contributed by atoms with van der Waals surface area (Å²) in [5, 5.41) is 11.4. The molecular weight excluding hydrogens is 246 g/mol. The number of carbonyl (C=O) groups excluding carboxylic acids is 2. The van der Waals surface area contributed by atoms with Gasteiger partial charge < -0.3 is 15.2 Å². The molecule has 1 atom stereocenters. The average Bonchev–Trinajstić information content (AvgIpc) is 2.35. The normalized spacial score (nSPS) is 11.6. The second-order valence-corrected chi connectivity index (χ2v) is 4.36. The van der Waals surface area contributed by atoms with Gasteiger partial charge in [-0.15, -0.1) is 0 Å². The second-order valence-electron chi connectivity index (χ2n) is 4.36. The van der Waals surface area contributed by atoms with E-state index in [-0.39, 0.29) is 31.0 Å². The molecule has 2 N–H and O–H groups in total. The van der Waals surface area contributed by atoms with Crippen LogP contribution < -0.4 is 5.32 Å². The first-order valence-electron chi connectivity index (χ1n) is 6.04. The topological polar surface area (TPSA) is 83.5 Å². The third-order valence-corrected chi connectivity index (χ3v) is 2.63. The predicted octanol–water partition coefficient (Wildman–Crippen LogP) is 1.17. The summed E-state index contributed by atoms with van der Waals surface area (Å²) in [6.45, 7) is 1.39. The minimum atomic E-state index is -1.12. The number of aliphatic carboxylic acids is 1. The van der Waals surface area contributed by atoms with Gasteiger partial charge in [0, 0.05) is 6.42 Å². The highest BCUT2D eigenvalue weighted by molar-refractivity contribution is 5.85. The maximum absolute atomic E-state index is 11.7. The first-order valence-corrected chi connectivity index (χ1v) is 6.04. The molecule has 0 saturated carbocycles. The van der Waals surface area contributed by atoms with E-state index in [1.54, 1.807) is 12.1 Å². The van der Waals surface area contributed by atoms with Crippen LogP contribution >= 0.6 is 0 Å². The van der Waals surface area contributed by atoms with Gasteiger partial charge in [-0.25, -0.2) is 4.79 Å². The second kappa shape index (κ2) is 7.31. The van der Waals surface area contributed by atoms with Crippen molar-refractivity contribution in [2.24, 2.45) is 0 Å². The summed E-state index contributed by atoms with van der Waals surface area (Å²) < 4.78 is 0. The molecule has 1 rings (SSSR count). The lowest BCUT2D eigenvalue weighted by molar-refractivity contribution is -0.142. The standard InChI is InChI=1S/C14H17NO4/c1-10(16)7-8-12(14(18)19)15-13(17)9-11-5-3-2-4-6-11/h2-6,12H,7-9H2,1H3,(H,15,17)(H,18,19)/t12-/m1/s1. The quantitative estimate of drug-likeness (QED) is 0.773. The largest absolute Gasteiger partial charge is 0.480 e. The highest BCUT2D eigenvalue weighted by atomic mass is 16.4. The number of ketones is 1. The SMILES string of the molecule is CC(=O)CC[C@@H](NC(=O)Cc1ccccc1)C(=O)O. The Balaban J connectivity index is 2.52. The maximum atomic E-state index is 11.7. The smallest absolute Gasteiger partial charge is 0.326 e. The number of carboxylic acid groups (broad SMARTS) is 1. The molecule has 1 amide bonds. The maximum Gasteiger partial charge on any atom is 0.326 e. The average molecular weight is 263 g/mol. The molecular formula is C14H17NO4. The highest BCUT2D eigenvalue weighted by Gasteiger charge is 2.20. The minimum absolute atomic E-state index is 0.0939. The number of Topliss-reactive ketones (excluding diaryl/α,β-unsaturated/α-hetero) is 1. The molecule has 0 fully saturated rings. The van der Waals surface area contributed by atoms with Gasteiger partial charge in [0.05, 0.1) is 6.42 Å². The monoisotopic (exact) mass is 263 g/mol.